The van der Waals surface area contributed by atoms with Gasteiger partial charge in [-0.1, -0.05) is 30.4 Å². The van der Waals surface area contributed by atoms with Crippen LogP contribution in [0.2, 0.25) is 0 Å². The van der Waals surface area contributed by atoms with Crippen molar-refractivity contribution in [2.24, 2.45) is 23.7 Å². The number of anilines is 1. The summed E-state index contributed by atoms with van der Waals surface area (Å²) in [7, 11) is 0. The highest BCUT2D eigenvalue weighted by Gasteiger charge is 2.59. The van der Waals surface area contributed by atoms with Gasteiger partial charge >= 0.3 is 0 Å². The van der Waals surface area contributed by atoms with Gasteiger partial charge in [0.1, 0.15) is 5.82 Å². The van der Waals surface area contributed by atoms with E-state index in [1.54, 1.807) is 6.07 Å². The van der Waals surface area contributed by atoms with Crippen LogP contribution in [0, 0.1) is 23.7 Å². The molecule has 2 aliphatic carbocycles. The summed E-state index contributed by atoms with van der Waals surface area (Å²) in [6, 6.07) is 11.4. The summed E-state index contributed by atoms with van der Waals surface area (Å²) in [5.41, 5.74) is 0.804. The van der Waals surface area contributed by atoms with E-state index in [2.05, 4.69) is 17.1 Å². The zero-order chi connectivity index (χ0) is 14.8. The molecule has 2 amide bonds. The molecule has 1 saturated heterocycles. The molecule has 2 fully saturated rings. The molecule has 4 nitrogen and oxygen atoms in total. The number of carbonyl (C=O) groups excluding carboxylic acids is 2. The number of benzene rings is 1. The van der Waals surface area contributed by atoms with Crippen molar-refractivity contribution in [1.29, 1.82) is 0 Å². The van der Waals surface area contributed by atoms with Gasteiger partial charge in [0.2, 0.25) is 11.8 Å². The number of fused-ring (bicyclic) bond motifs is 6. The molecule has 22 heavy (non-hydrogen) atoms. The maximum Gasteiger partial charge on any atom is 0.239 e. The van der Waals surface area contributed by atoms with Crippen LogP contribution in [0.1, 0.15) is 6.42 Å². The predicted octanol–water partition coefficient (Wildman–Crippen LogP) is 2.55. The van der Waals surface area contributed by atoms with E-state index in [-0.39, 0.29) is 35.5 Å². The third-order valence-electron chi connectivity index (χ3n) is 5.28. The fraction of sp³-hybridized carbons (Fsp3) is 0.278. The number of amides is 2. The average Bonchev–Trinajstić information content (AvgIpc) is 3.21. The minimum Gasteiger partial charge on any atom is -0.274 e. The van der Waals surface area contributed by atoms with Crippen molar-refractivity contribution < 1.29 is 9.59 Å². The van der Waals surface area contributed by atoms with E-state index < -0.39 is 0 Å². The summed E-state index contributed by atoms with van der Waals surface area (Å²) < 4.78 is 0. The van der Waals surface area contributed by atoms with Crippen LogP contribution in [0.4, 0.5) is 5.82 Å². The fourth-order valence-corrected chi connectivity index (χ4v) is 4.31. The molecule has 0 spiro atoms. The predicted molar refractivity (Wildman–Crippen MR) is 82.0 cm³/mol. The lowest BCUT2D eigenvalue weighted by Gasteiger charge is -2.16. The first-order chi connectivity index (χ1) is 10.7. The molecular formula is C18H14N2O2. The van der Waals surface area contributed by atoms with Crippen LogP contribution >= 0.6 is 0 Å². The Morgan fingerprint density at radius 1 is 0.909 bits per heavy atom. The molecule has 4 atom stereocenters. The number of allylic oxidation sites excluding steroid dienone is 2. The van der Waals surface area contributed by atoms with Gasteiger partial charge in [-0.25, -0.2) is 9.88 Å². The van der Waals surface area contributed by atoms with Gasteiger partial charge in [-0.3, -0.25) is 9.59 Å². The largest absolute Gasteiger partial charge is 0.274 e. The lowest BCUT2D eigenvalue weighted by atomic mass is 9.85. The minimum absolute atomic E-state index is 0.0744. The van der Waals surface area contributed by atoms with Crippen LogP contribution in [-0.4, -0.2) is 16.8 Å². The van der Waals surface area contributed by atoms with Crippen LogP contribution < -0.4 is 4.90 Å². The first-order valence-electron chi connectivity index (χ1n) is 7.66. The number of hydrogen-bond donors (Lipinski definition) is 0. The van der Waals surface area contributed by atoms with E-state index in [0.29, 0.717) is 5.82 Å². The molecule has 1 aromatic carbocycles. The van der Waals surface area contributed by atoms with E-state index >= 15 is 0 Å². The summed E-state index contributed by atoms with van der Waals surface area (Å²) in [6.07, 6.45) is 5.16. The molecule has 1 saturated carbocycles. The summed E-state index contributed by atoms with van der Waals surface area (Å²) in [5.74, 6) is 0.437. The zero-order valence-corrected chi connectivity index (χ0v) is 11.8. The maximum atomic E-state index is 12.8. The summed E-state index contributed by atoms with van der Waals surface area (Å²) in [5, 5.41) is 1.01. The van der Waals surface area contributed by atoms with Crippen molar-refractivity contribution in [3.63, 3.8) is 0 Å². The molecule has 1 aliphatic heterocycles. The Morgan fingerprint density at radius 3 is 2.32 bits per heavy atom. The number of nitrogens with zero attached hydrogens (tertiary/aromatic N) is 2. The highest BCUT2D eigenvalue weighted by atomic mass is 16.2. The Balaban J connectivity index is 1.60. The second kappa shape index (κ2) is 4.03. The fourth-order valence-electron chi connectivity index (χ4n) is 4.31. The van der Waals surface area contributed by atoms with Crippen molar-refractivity contribution in [3.05, 3.63) is 48.6 Å². The lowest BCUT2D eigenvalue weighted by Crippen LogP contribution is -2.33. The number of para-hydroxylation sites is 1. The monoisotopic (exact) mass is 290 g/mol. The van der Waals surface area contributed by atoms with Crippen LogP contribution in [0.3, 0.4) is 0 Å². The van der Waals surface area contributed by atoms with Crippen molar-refractivity contribution >= 4 is 28.5 Å². The first kappa shape index (κ1) is 12.1. The van der Waals surface area contributed by atoms with Gasteiger partial charge in [-0.05, 0) is 36.5 Å². The number of aromatic nitrogens is 1. The topological polar surface area (TPSA) is 50.3 Å². The SMILES string of the molecule is O=C1[C@@H]2[C@H](C(=O)N1c1ccc3ccccc3n1)[C@@H]1C=C[C@H]2C1. The summed E-state index contributed by atoms with van der Waals surface area (Å²) in [6.45, 7) is 0. The van der Waals surface area contributed by atoms with E-state index in [0.717, 1.165) is 17.3 Å². The van der Waals surface area contributed by atoms with E-state index in [1.165, 1.54) is 4.90 Å². The maximum absolute atomic E-state index is 12.8. The molecule has 108 valence electrons. The normalized spacial score (nSPS) is 32.3. The van der Waals surface area contributed by atoms with Gasteiger partial charge in [-0.2, -0.15) is 0 Å². The number of rotatable bonds is 1. The van der Waals surface area contributed by atoms with Crippen molar-refractivity contribution in [3.8, 4) is 0 Å². The lowest BCUT2D eigenvalue weighted by molar-refractivity contribution is -0.123. The molecule has 4 heteroatoms. The van der Waals surface area contributed by atoms with Crippen molar-refractivity contribution in [2.75, 3.05) is 4.90 Å². The molecule has 2 bridgehead atoms. The second-order valence-electron chi connectivity index (χ2n) is 6.37. The first-order valence-corrected chi connectivity index (χ1v) is 7.66. The van der Waals surface area contributed by atoms with Gasteiger partial charge < -0.3 is 0 Å². The quantitative estimate of drug-likeness (QED) is 0.599. The molecule has 2 heterocycles. The third kappa shape index (κ3) is 1.39. The zero-order valence-electron chi connectivity index (χ0n) is 11.8. The van der Waals surface area contributed by atoms with Gasteiger partial charge in [0.25, 0.3) is 0 Å². The summed E-state index contributed by atoms with van der Waals surface area (Å²) >= 11 is 0. The molecule has 0 radical (unpaired) electrons. The molecule has 3 aliphatic rings. The molecule has 1 aromatic heterocycles. The molecule has 2 aromatic rings. The van der Waals surface area contributed by atoms with Gasteiger partial charge in [0.15, 0.2) is 0 Å². The number of pyridine rings is 1. The smallest absolute Gasteiger partial charge is 0.239 e. The number of carbonyl (C=O) groups is 2. The highest BCUT2D eigenvalue weighted by Crippen LogP contribution is 2.53. The van der Waals surface area contributed by atoms with E-state index in [4.69, 9.17) is 0 Å². The van der Waals surface area contributed by atoms with Gasteiger partial charge in [0.05, 0.1) is 17.4 Å². The van der Waals surface area contributed by atoms with Crippen LogP contribution in [0.15, 0.2) is 48.6 Å². The van der Waals surface area contributed by atoms with E-state index in [1.807, 2.05) is 30.3 Å². The molecule has 5 rings (SSSR count). The Hall–Kier alpha value is -2.49. The Bertz CT molecular complexity index is 827. The van der Waals surface area contributed by atoms with Crippen molar-refractivity contribution in [2.45, 2.75) is 6.42 Å². The molecule has 0 N–H and O–H groups in total. The highest BCUT2D eigenvalue weighted by molar-refractivity contribution is 6.22. The number of hydrogen-bond acceptors (Lipinski definition) is 3. The van der Waals surface area contributed by atoms with Crippen molar-refractivity contribution in [1.82, 2.24) is 4.98 Å². The van der Waals surface area contributed by atoms with Crippen LogP contribution in [-0.2, 0) is 9.59 Å². The van der Waals surface area contributed by atoms with Crippen LogP contribution in [0.5, 0.6) is 0 Å². The number of imide groups is 1. The van der Waals surface area contributed by atoms with E-state index in [9.17, 15) is 9.59 Å². The second-order valence-corrected chi connectivity index (χ2v) is 6.37. The molecule has 0 unspecified atom stereocenters. The van der Waals surface area contributed by atoms with Gasteiger partial charge in [-0.15, -0.1) is 0 Å². The average molecular weight is 290 g/mol. The van der Waals surface area contributed by atoms with Crippen LogP contribution in [0.25, 0.3) is 10.9 Å². The Morgan fingerprint density at radius 2 is 1.59 bits per heavy atom. The third-order valence-corrected chi connectivity index (χ3v) is 5.28. The standard InChI is InChI=1S/C18H14N2O2/c21-17-15-11-5-6-12(9-11)16(15)18(22)20(17)14-8-7-10-3-1-2-4-13(10)19-14/h1-8,11-12,15-16H,9H2/t11-,12+,15-,16+. The Kier molecular flexibility index (Phi) is 2.22. The summed E-state index contributed by atoms with van der Waals surface area (Å²) in [4.78, 5) is 31.3. The molecular weight excluding hydrogens is 276 g/mol. The van der Waals surface area contributed by atoms with Gasteiger partial charge in [0, 0.05) is 5.39 Å². The Labute approximate surface area is 127 Å². The minimum atomic E-state index is -0.171.